The van der Waals surface area contributed by atoms with E-state index in [0.717, 1.165) is 0 Å². The monoisotopic (exact) mass is 264 g/mol. The molecule has 1 unspecified atom stereocenters. The van der Waals surface area contributed by atoms with Gasteiger partial charge in [-0.2, -0.15) is 0 Å². The second kappa shape index (κ2) is 5.55. The number of pyridine rings is 1. The number of carbonyl (C=O) groups is 2. The fourth-order valence-corrected chi connectivity index (χ4v) is 1.96. The Bertz CT molecular complexity index is 542. The van der Waals surface area contributed by atoms with Gasteiger partial charge in [-0.3, -0.25) is 14.4 Å². The van der Waals surface area contributed by atoms with Crippen molar-refractivity contribution in [1.82, 2.24) is 15.2 Å². The number of nitrogen functional groups attached to an aromatic ring is 1. The summed E-state index contributed by atoms with van der Waals surface area (Å²) in [5.74, 6) is -0.272. The summed E-state index contributed by atoms with van der Waals surface area (Å²) in [5, 5.41) is 5.46. The highest BCUT2D eigenvalue weighted by molar-refractivity contribution is 5.78. The lowest BCUT2D eigenvalue weighted by atomic mass is 10.1. The van der Waals surface area contributed by atoms with E-state index in [4.69, 9.17) is 5.73 Å². The normalized spacial score (nSPS) is 18.7. The van der Waals surface area contributed by atoms with E-state index in [0.29, 0.717) is 25.1 Å². The number of hydrogen-bond donors (Lipinski definition) is 3. The summed E-state index contributed by atoms with van der Waals surface area (Å²) in [5.41, 5.74) is 5.72. The Morgan fingerprint density at radius 1 is 1.47 bits per heavy atom. The Kier molecular flexibility index (Phi) is 3.84. The molecule has 1 saturated heterocycles. The lowest BCUT2D eigenvalue weighted by Gasteiger charge is -2.23. The number of hydrogen-bond acceptors (Lipinski definition) is 4. The smallest absolute Gasteiger partial charge is 0.251 e. The minimum Gasteiger partial charge on any atom is -0.398 e. The number of carbonyl (C=O) groups excluding carboxylic acids is 2. The Hall–Kier alpha value is -2.31. The number of nitrogens with zero attached hydrogens (tertiary/aromatic N) is 1. The quantitative estimate of drug-likeness (QED) is 0.639. The molecule has 0 bridgehead atoms. The highest BCUT2D eigenvalue weighted by Crippen LogP contribution is 2.02. The van der Waals surface area contributed by atoms with Crippen molar-refractivity contribution in [1.29, 1.82) is 0 Å². The summed E-state index contributed by atoms with van der Waals surface area (Å²) in [7, 11) is 0. The van der Waals surface area contributed by atoms with E-state index in [-0.39, 0.29) is 30.0 Å². The predicted octanol–water partition coefficient (Wildman–Crippen LogP) is -1.17. The fourth-order valence-electron chi connectivity index (χ4n) is 1.96. The molecule has 0 aliphatic carbocycles. The van der Waals surface area contributed by atoms with Crippen molar-refractivity contribution < 1.29 is 9.59 Å². The third-order valence-electron chi connectivity index (χ3n) is 2.95. The Morgan fingerprint density at radius 3 is 2.95 bits per heavy atom. The molecule has 4 N–H and O–H groups in total. The molecule has 0 aromatic carbocycles. The van der Waals surface area contributed by atoms with Gasteiger partial charge in [-0.1, -0.05) is 0 Å². The minimum absolute atomic E-state index is 0.00227. The van der Waals surface area contributed by atoms with Gasteiger partial charge in [0.25, 0.3) is 5.56 Å². The molecule has 19 heavy (non-hydrogen) atoms. The predicted molar refractivity (Wildman–Crippen MR) is 69.3 cm³/mol. The van der Waals surface area contributed by atoms with Crippen LogP contribution in [0.3, 0.4) is 0 Å². The second-order valence-electron chi connectivity index (χ2n) is 4.54. The van der Waals surface area contributed by atoms with Crippen LogP contribution in [-0.2, 0) is 16.1 Å². The van der Waals surface area contributed by atoms with E-state index in [9.17, 15) is 14.4 Å². The fraction of sp³-hybridized carbons (Fsp3) is 0.417. The highest BCUT2D eigenvalue weighted by Gasteiger charge is 2.19. The van der Waals surface area contributed by atoms with E-state index in [2.05, 4.69) is 10.6 Å². The third-order valence-corrected chi connectivity index (χ3v) is 2.95. The van der Waals surface area contributed by atoms with Gasteiger partial charge in [0, 0.05) is 37.0 Å². The molecule has 0 radical (unpaired) electrons. The van der Waals surface area contributed by atoms with E-state index in [1.807, 2.05) is 0 Å². The highest BCUT2D eigenvalue weighted by atomic mass is 16.2. The minimum atomic E-state index is -0.277. The van der Waals surface area contributed by atoms with E-state index in [1.54, 1.807) is 0 Å². The maximum atomic E-state index is 11.8. The second-order valence-corrected chi connectivity index (χ2v) is 4.54. The van der Waals surface area contributed by atoms with Crippen LogP contribution < -0.4 is 21.9 Å². The number of amides is 2. The van der Waals surface area contributed by atoms with Gasteiger partial charge in [-0.15, -0.1) is 0 Å². The first kappa shape index (κ1) is 13.1. The molecule has 1 aliphatic rings. The van der Waals surface area contributed by atoms with Gasteiger partial charge in [-0.05, 0) is 12.5 Å². The Morgan fingerprint density at radius 2 is 2.26 bits per heavy atom. The van der Waals surface area contributed by atoms with Gasteiger partial charge in [0.2, 0.25) is 11.8 Å². The zero-order chi connectivity index (χ0) is 13.8. The molecule has 1 aromatic rings. The van der Waals surface area contributed by atoms with Crippen LogP contribution in [0.1, 0.15) is 12.8 Å². The van der Waals surface area contributed by atoms with Gasteiger partial charge in [0.1, 0.15) is 6.54 Å². The number of anilines is 1. The van der Waals surface area contributed by atoms with Crippen molar-refractivity contribution in [3.63, 3.8) is 0 Å². The first-order chi connectivity index (χ1) is 9.04. The van der Waals surface area contributed by atoms with Gasteiger partial charge < -0.3 is 20.9 Å². The van der Waals surface area contributed by atoms with Crippen LogP contribution >= 0.6 is 0 Å². The van der Waals surface area contributed by atoms with Crippen LogP contribution in [-0.4, -0.2) is 29.0 Å². The summed E-state index contributed by atoms with van der Waals surface area (Å²) >= 11 is 0. The average molecular weight is 264 g/mol. The van der Waals surface area contributed by atoms with Gasteiger partial charge >= 0.3 is 0 Å². The van der Waals surface area contributed by atoms with E-state index < -0.39 is 0 Å². The van der Waals surface area contributed by atoms with Crippen molar-refractivity contribution in [3.05, 3.63) is 28.7 Å². The molecular formula is C12H16N4O3. The molecule has 2 amide bonds. The summed E-state index contributed by atoms with van der Waals surface area (Å²) in [6.45, 7) is 0.352. The summed E-state index contributed by atoms with van der Waals surface area (Å²) in [6, 6.07) is 2.73. The Labute approximate surface area is 109 Å². The molecule has 1 aromatic heterocycles. The van der Waals surface area contributed by atoms with Crippen LogP contribution in [0, 0.1) is 0 Å². The molecule has 0 spiro atoms. The van der Waals surface area contributed by atoms with E-state index in [1.165, 1.54) is 22.9 Å². The molecule has 7 heteroatoms. The number of nitrogens with two attached hydrogens (primary N) is 1. The van der Waals surface area contributed by atoms with Crippen molar-refractivity contribution in [2.75, 3.05) is 12.3 Å². The number of nitrogens with one attached hydrogen (secondary N) is 2. The average Bonchev–Trinajstić information content (AvgIpc) is 2.37. The van der Waals surface area contributed by atoms with Crippen molar-refractivity contribution in [2.24, 2.45) is 0 Å². The standard InChI is InChI=1S/C12H16N4O3/c13-8-1-4-12(19)16(6-8)7-11(18)15-9-2-3-10(17)14-5-9/h1,4,6,9H,2-3,5,7,13H2,(H,14,17)(H,15,18). The molecule has 7 nitrogen and oxygen atoms in total. The lowest BCUT2D eigenvalue weighted by molar-refractivity contribution is -0.126. The molecule has 1 fully saturated rings. The maximum Gasteiger partial charge on any atom is 0.251 e. The molecular weight excluding hydrogens is 248 g/mol. The molecule has 1 atom stereocenters. The molecule has 1 aliphatic heterocycles. The number of aromatic nitrogens is 1. The van der Waals surface area contributed by atoms with Gasteiger partial charge in [0.05, 0.1) is 0 Å². The maximum absolute atomic E-state index is 11.8. The zero-order valence-electron chi connectivity index (χ0n) is 10.4. The summed E-state index contributed by atoms with van der Waals surface area (Å²) in [4.78, 5) is 34.3. The summed E-state index contributed by atoms with van der Waals surface area (Å²) < 4.78 is 1.26. The van der Waals surface area contributed by atoms with Crippen LogP contribution in [0.4, 0.5) is 5.69 Å². The molecule has 102 valence electrons. The van der Waals surface area contributed by atoms with Crippen molar-refractivity contribution in [3.8, 4) is 0 Å². The molecule has 2 heterocycles. The van der Waals surface area contributed by atoms with Crippen LogP contribution in [0.2, 0.25) is 0 Å². The van der Waals surface area contributed by atoms with Crippen molar-refractivity contribution in [2.45, 2.75) is 25.4 Å². The first-order valence-corrected chi connectivity index (χ1v) is 6.06. The largest absolute Gasteiger partial charge is 0.398 e. The van der Waals surface area contributed by atoms with Gasteiger partial charge in [0.15, 0.2) is 0 Å². The van der Waals surface area contributed by atoms with Crippen LogP contribution in [0.25, 0.3) is 0 Å². The van der Waals surface area contributed by atoms with Crippen LogP contribution in [0.15, 0.2) is 23.1 Å². The SMILES string of the molecule is Nc1ccc(=O)n(CC(=O)NC2CCC(=O)NC2)c1. The van der Waals surface area contributed by atoms with Crippen LogP contribution in [0.5, 0.6) is 0 Å². The summed E-state index contributed by atoms with van der Waals surface area (Å²) in [6.07, 6.45) is 2.46. The number of rotatable bonds is 3. The molecule has 2 rings (SSSR count). The van der Waals surface area contributed by atoms with E-state index >= 15 is 0 Å². The number of piperidine rings is 1. The van der Waals surface area contributed by atoms with Crippen molar-refractivity contribution >= 4 is 17.5 Å². The Balaban J connectivity index is 1.92. The van der Waals surface area contributed by atoms with Gasteiger partial charge in [-0.25, -0.2) is 0 Å². The zero-order valence-corrected chi connectivity index (χ0v) is 10.4. The topological polar surface area (TPSA) is 106 Å². The first-order valence-electron chi connectivity index (χ1n) is 6.06. The molecule has 0 saturated carbocycles. The third kappa shape index (κ3) is 3.57. The lowest BCUT2D eigenvalue weighted by Crippen LogP contribution is -2.48.